The summed E-state index contributed by atoms with van der Waals surface area (Å²) >= 11 is 0. The number of carbonyl (C=O) groups excluding carboxylic acids is 1. The van der Waals surface area contributed by atoms with E-state index in [1.807, 2.05) is 54.6 Å². The molecule has 2 aromatic carbocycles. The number of fused-ring (bicyclic) bond motifs is 1. The predicted molar refractivity (Wildman–Crippen MR) is 90.1 cm³/mol. The van der Waals surface area contributed by atoms with Gasteiger partial charge < -0.3 is 10.4 Å². The number of amides is 1. The van der Waals surface area contributed by atoms with E-state index in [0.717, 1.165) is 28.5 Å². The van der Waals surface area contributed by atoms with Gasteiger partial charge in [-0.2, -0.15) is 0 Å². The number of pyridine rings is 1. The van der Waals surface area contributed by atoms with Crippen molar-refractivity contribution in [2.75, 3.05) is 6.54 Å². The van der Waals surface area contributed by atoms with Crippen LogP contribution in [0.1, 0.15) is 21.6 Å². The van der Waals surface area contributed by atoms with Crippen LogP contribution in [0.4, 0.5) is 0 Å². The number of hydrogen-bond donors (Lipinski definition) is 2. The van der Waals surface area contributed by atoms with E-state index in [0.29, 0.717) is 12.2 Å². The molecule has 0 fully saturated rings. The Balaban J connectivity index is 1.59. The molecule has 23 heavy (non-hydrogen) atoms. The molecule has 1 aromatic heterocycles. The molecule has 2 N–H and O–H groups in total. The lowest BCUT2D eigenvalue weighted by Gasteiger charge is -2.06. The van der Waals surface area contributed by atoms with Gasteiger partial charge in [0.25, 0.3) is 5.91 Å². The summed E-state index contributed by atoms with van der Waals surface area (Å²) in [5.41, 5.74) is 3.26. The SMILES string of the molecule is O=C(NCCc1ccc(CO)cc1)c1ccc2ccccc2n1. The zero-order chi connectivity index (χ0) is 16.1. The highest BCUT2D eigenvalue weighted by molar-refractivity contribution is 5.94. The van der Waals surface area contributed by atoms with Crippen molar-refractivity contribution in [1.29, 1.82) is 0 Å². The Labute approximate surface area is 134 Å². The van der Waals surface area contributed by atoms with Gasteiger partial charge in [-0.25, -0.2) is 4.98 Å². The quantitative estimate of drug-likeness (QED) is 0.762. The lowest BCUT2D eigenvalue weighted by Crippen LogP contribution is -2.26. The summed E-state index contributed by atoms with van der Waals surface area (Å²) in [6, 6.07) is 19.1. The van der Waals surface area contributed by atoms with Crippen molar-refractivity contribution in [2.45, 2.75) is 13.0 Å². The second-order valence-electron chi connectivity index (χ2n) is 5.37. The summed E-state index contributed by atoms with van der Waals surface area (Å²) < 4.78 is 0. The summed E-state index contributed by atoms with van der Waals surface area (Å²) in [6.07, 6.45) is 0.741. The summed E-state index contributed by atoms with van der Waals surface area (Å²) in [6.45, 7) is 0.594. The maximum absolute atomic E-state index is 12.2. The van der Waals surface area contributed by atoms with Crippen LogP contribution < -0.4 is 5.32 Å². The van der Waals surface area contributed by atoms with E-state index >= 15 is 0 Å². The molecule has 0 saturated heterocycles. The molecule has 0 atom stereocenters. The maximum atomic E-state index is 12.2. The third-order valence-electron chi connectivity index (χ3n) is 3.74. The Kier molecular flexibility index (Phi) is 4.64. The summed E-state index contributed by atoms with van der Waals surface area (Å²) in [4.78, 5) is 16.6. The second-order valence-corrected chi connectivity index (χ2v) is 5.37. The van der Waals surface area contributed by atoms with Crippen molar-refractivity contribution >= 4 is 16.8 Å². The molecule has 0 radical (unpaired) electrons. The lowest BCUT2D eigenvalue weighted by molar-refractivity contribution is 0.0949. The van der Waals surface area contributed by atoms with Crippen LogP contribution in [-0.2, 0) is 13.0 Å². The fourth-order valence-electron chi connectivity index (χ4n) is 2.41. The van der Waals surface area contributed by atoms with Gasteiger partial charge in [0.1, 0.15) is 5.69 Å². The highest BCUT2D eigenvalue weighted by Gasteiger charge is 2.07. The van der Waals surface area contributed by atoms with Crippen LogP contribution in [0.15, 0.2) is 60.7 Å². The monoisotopic (exact) mass is 306 g/mol. The first-order chi connectivity index (χ1) is 11.3. The molecule has 0 aliphatic carbocycles. The molecular formula is C19H18N2O2. The third kappa shape index (κ3) is 3.73. The number of aliphatic hydroxyl groups excluding tert-OH is 1. The number of carbonyl (C=O) groups is 1. The number of aromatic nitrogens is 1. The van der Waals surface area contributed by atoms with Crippen molar-refractivity contribution in [1.82, 2.24) is 10.3 Å². The first-order valence-electron chi connectivity index (χ1n) is 7.59. The van der Waals surface area contributed by atoms with Gasteiger partial charge in [-0.1, -0.05) is 48.5 Å². The van der Waals surface area contributed by atoms with E-state index in [4.69, 9.17) is 5.11 Å². The van der Waals surface area contributed by atoms with Gasteiger partial charge in [0.2, 0.25) is 0 Å². The molecule has 116 valence electrons. The van der Waals surface area contributed by atoms with Crippen molar-refractivity contribution in [3.8, 4) is 0 Å². The van der Waals surface area contributed by atoms with Gasteiger partial charge >= 0.3 is 0 Å². The predicted octanol–water partition coefficient (Wildman–Crippen LogP) is 2.70. The van der Waals surface area contributed by atoms with Gasteiger partial charge in [-0.15, -0.1) is 0 Å². The van der Waals surface area contributed by atoms with Crippen LogP contribution in [-0.4, -0.2) is 22.5 Å². The number of para-hydroxylation sites is 1. The molecule has 4 heteroatoms. The normalized spacial score (nSPS) is 10.7. The number of nitrogens with one attached hydrogen (secondary N) is 1. The summed E-state index contributed by atoms with van der Waals surface area (Å²) in [5.74, 6) is -0.164. The molecule has 3 rings (SSSR count). The molecule has 0 unspecified atom stereocenters. The Hall–Kier alpha value is -2.72. The number of hydrogen-bond acceptors (Lipinski definition) is 3. The molecule has 0 saturated carbocycles. The minimum absolute atomic E-state index is 0.0463. The summed E-state index contributed by atoms with van der Waals surface area (Å²) in [7, 11) is 0. The van der Waals surface area contributed by atoms with Crippen LogP contribution >= 0.6 is 0 Å². The fraction of sp³-hybridized carbons (Fsp3) is 0.158. The van der Waals surface area contributed by atoms with E-state index in [2.05, 4.69) is 10.3 Å². The molecule has 1 heterocycles. The van der Waals surface area contributed by atoms with Gasteiger partial charge in [0.15, 0.2) is 0 Å². The van der Waals surface area contributed by atoms with Crippen molar-refractivity contribution in [3.63, 3.8) is 0 Å². The number of aliphatic hydroxyl groups is 1. The minimum Gasteiger partial charge on any atom is -0.392 e. The largest absolute Gasteiger partial charge is 0.392 e. The number of nitrogens with zero attached hydrogens (tertiary/aromatic N) is 1. The average molecular weight is 306 g/mol. The van der Waals surface area contributed by atoms with Crippen molar-refractivity contribution in [3.05, 3.63) is 77.5 Å². The zero-order valence-corrected chi connectivity index (χ0v) is 12.7. The smallest absolute Gasteiger partial charge is 0.269 e. The molecule has 1 amide bonds. The molecule has 0 bridgehead atoms. The molecule has 3 aromatic rings. The first kappa shape index (κ1) is 15.2. The maximum Gasteiger partial charge on any atom is 0.269 e. The van der Waals surface area contributed by atoms with E-state index in [9.17, 15) is 4.79 Å². The standard InChI is InChI=1S/C19H18N2O2/c22-13-15-7-5-14(6-8-15)11-12-20-19(23)18-10-9-16-3-1-2-4-17(16)21-18/h1-10,22H,11-13H2,(H,20,23). The topological polar surface area (TPSA) is 62.2 Å². The van der Waals surface area contributed by atoms with Crippen molar-refractivity contribution in [2.24, 2.45) is 0 Å². The molecular weight excluding hydrogens is 288 g/mol. The summed E-state index contributed by atoms with van der Waals surface area (Å²) in [5, 5.41) is 12.9. The minimum atomic E-state index is -0.164. The van der Waals surface area contributed by atoms with E-state index < -0.39 is 0 Å². The Morgan fingerprint density at radius 3 is 2.48 bits per heavy atom. The van der Waals surface area contributed by atoms with Gasteiger partial charge in [-0.05, 0) is 29.7 Å². The molecule has 0 spiro atoms. The van der Waals surface area contributed by atoms with Gasteiger partial charge in [0, 0.05) is 11.9 Å². The first-order valence-corrected chi connectivity index (χ1v) is 7.59. The Morgan fingerprint density at radius 2 is 1.70 bits per heavy atom. The Morgan fingerprint density at radius 1 is 0.957 bits per heavy atom. The van der Waals surface area contributed by atoms with Crippen LogP contribution in [0, 0.1) is 0 Å². The second kappa shape index (κ2) is 7.03. The van der Waals surface area contributed by atoms with Gasteiger partial charge in [0.05, 0.1) is 12.1 Å². The van der Waals surface area contributed by atoms with Crippen LogP contribution in [0.5, 0.6) is 0 Å². The van der Waals surface area contributed by atoms with Crippen LogP contribution in [0.3, 0.4) is 0 Å². The highest BCUT2D eigenvalue weighted by atomic mass is 16.3. The highest BCUT2D eigenvalue weighted by Crippen LogP contribution is 2.11. The fourth-order valence-corrected chi connectivity index (χ4v) is 2.41. The van der Waals surface area contributed by atoms with E-state index in [-0.39, 0.29) is 12.5 Å². The van der Waals surface area contributed by atoms with Crippen LogP contribution in [0.2, 0.25) is 0 Å². The zero-order valence-electron chi connectivity index (χ0n) is 12.7. The van der Waals surface area contributed by atoms with E-state index in [1.54, 1.807) is 6.07 Å². The van der Waals surface area contributed by atoms with E-state index in [1.165, 1.54) is 0 Å². The van der Waals surface area contributed by atoms with Crippen molar-refractivity contribution < 1.29 is 9.90 Å². The van der Waals surface area contributed by atoms with Crippen LogP contribution in [0.25, 0.3) is 10.9 Å². The number of rotatable bonds is 5. The Bertz CT molecular complexity index is 813. The van der Waals surface area contributed by atoms with Gasteiger partial charge in [-0.3, -0.25) is 4.79 Å². The molecule has 0 aliphatic rings. The molecule has 0 aliphatic heterocycles. The molecule has 4 nitrogen and oxygen atoms in total. The average Bonchev–Trinajstić information content (AvgIpc) is 2.61. The lowest BCUT2D eigenvalue weighted by atomic mass is 10.1. The third-order valence-corrected chi connectivity index (χ3v) is 3.74. The number of benzene rings is 2.